The summed E-state index contributed by atoms with van der Waals surface area (Å²) in [6, 6.07) is 3.79. The van der Waals surface area contributed by atoms with Gasteiger partial charge in [0.05, 0.1) is 5.03 Å². The number of hydrogen-bond acceptors (Lipinski definition) is 3. The van der Waals surface area contributed by atoms with Crippen molar-refractivity contribution in [1.29, 1.82) is 0 Å². The molecule has 0 spiro atoms. The molecule has 0 aliphatic rings. The monoisotopic (exact) mass is 287 g/mol. The lowest BCUT2D eigenvalue weighted by Crippen LogP contribution is -1.96. The van der Waals surface area contributed by atoms with Crippen LogP contribution in [0.25, 0.3) is 0 Å². The normalized spacial score (nSPS) is 11.5. The zero-order chi connectivity index (χ0) is 11.3. The molecule has 0 aliphatic carbocycles. The van der Waals surface area contributed by atoms with E-state index in [4.69, 9.17) is 5.11 Å². The van der Waals surface area contributed by atoms with E-state index in [1.165, 1.54) is 11.8 Å². The largest absolute Gasteiger partial charge is 0.478 e. The van der Waals surface area contributed by atoms with Crippen LogP contribution in [-0.4, -0.2) is 21.8 Å². The van der Waals surface area contributed by atoms with Crippen molar-refractivity contribution in [2.75, 3.05) is 5.75 Å². The first-order valence-corrected chi connectivity index (χ1v) is 6.02. The van der Waals surface area contributed by atoms with Crippen molar-refractivity contribution in [2.45, 2.75) is 11.9 Å². The maximum absolute atomic E-state index is 10.5. The molecule has 0 atom stereocenters. The zero-order valence-electron chi connectivity index (χ0n) is 8.11. The summed E-state index contributed by atoms with van der Waals surface area (Å²) >= 11 is 4.80. The highest BCUT2D eigenvalue weighted by Crippen LogP contribution is 2.17. The summed E-state index contributed by atoms with van der Waals surface area (Å²) in [7, 11) is 0. The van der Waals surface area contributed by atoms with Crippen LogP contribution in [0.15, 0.2) is 39.5 Å². The highest BCUT2D eigenvalue weighted by molar-refractivity contribution is 9.10. The van der Waals surface area contributed by atoms with Crippen LogP contribution in [0.1, 0.15) is 6.92 Å². The van der Waals surface area contributed by atoms with Crippen LogP contribution >= 0.6 is 27.7 Å². The number of carbonyl (C=O) groups is 1. The number of aromatic nitrogens is 1. The van der Waals surface area contributed by atoms with Crippen LogP contribution in [0.2, 0.25) is 0 Å². The average molecular weight is 288 g/mol. The smallest absolute Gasteiger partial charge is 0.330 e. The number of rotatable bonds is 4. The molecular formula is C10H10BrNO2S. The summed E-state index contributed by atoms with van der Waals surface area (Å²) in [6.45, 7) is 1.58. The summed E-state index contributed by atoms with van der Waals surface area (Å²) in [6.07, 6.45) is 3.40. The highest BCUT2D eigenvalue weighted by atomic mass is 79.9. The number of thioether (sulfide) groups is 1. The number of carboxylic acids is 1. The molecule has 1 rings (SSSR count). The standard InChI is InChI=1S/C10H10BrNO2S/c1-7(10(13)14)4-5-15-9-3-2-8(11)6-12-9/h2-4,6H,5H2,1H3,(H,13,14). The fourth-order valence-electron chi connectivity index (χ4n) is 0.787. The maximum atomic E-state index is 10.5. The van der Waals surface area contributed by atoms with Crippen LogP contribution in [0.3, 0.4) is 0 Å². The molecule has 1 aromatic heterocycles. The molecule has 15 heavy (non-hydrogen) atoms. The van der Waals surface area contributed by atoms with Crippen molar-refractivity contribution in [1.82, 2.24) is 4.98 Å². The molecule has 0 aromatic carbocycles. The van der Waals surface area contributed by atoms with E-state index < -0.39 is 5.97 Å². The SMILES string of the molecule is CC(=CCSc1ccc(Br)cn1)C(=O)O. The van der Waals surface area contributed by atoms with Crippen molar-refractivity contribution in [3.63, 3.8) is 0 Å². The van der Waals surface area contributed by atoms with Gasteiger partial charge < -0.3 is 5.11 Å². The summed E-state index contributed by atoms with van der Waals surface area (Å²) in [5.41, 5.74) is 0.361. The molecule has 3 nitrogen and oxygen atoms in total. The minimum atomic E-state index is -0.876. The van der Waals surface area contributed by atoms with Crippen molar-refractivity contribution in [3.8, 4) is 0 Å². The summed E-state index contributed by atoms with van der Waals surface area (Å²) < 4.78 is 0.934. The lowest BCUT2D eigenvalue weighted by Gasteiger charge is -1.97. The lowest BCUT2D eigenvalue weighted by atomic mass is 10.3. The third kappa shape index (κ3) is 4.48. The number of hydrogen-bond donors (Lipinski definition) is 1. The van der Waals surface area contributed by atoms with Crippen LogP contribution in [0, 0.1) is 0 Å². The lowest BCUT2D eigenvalue weighted by molar-refractivity contribution is -0.132. The first-order chi connectivity index (χ1) is 7.09. The number of halogens is 1. The van der Waals surface area contributed by atoms with Crippen LogP contribution < -0.4 is 0 Å². The second-order valence-corrected chi connectivity index (χ2v) is 4.77. The Morgan fingerprint density at radius 2 is 2.40 bits per heavy atom. The third-order valence-corrected chi connectivity index (χ3v) is 3.00. The Morgan fingerprint density at radius 3 is 2.93 bits per heavy atom. The van der Waals surface area contributed by atoms with Gasteiger partial charge in [-0.15, -0.1) is 11.8 Å². The van der Waals surface area contributed by atoms with E-state index >= 15 is 0 Å². The van der Waals surface area contributed by atoms with Crippen LogP contribution in [0.4, 0.5) is 0 Å². The van der Waals surface area contributed by atoms with Gasteiger partial charge in [0.1, 0.15) is 0 Å². The van der Waals surface area contributed by atoms with Gasteiger partial charge in [-0.2, -0.15) is 0 Å². The summed E-state index contributed by atoms with van der Waals surface area (Å²) in [5.74, 6) is -0.258. The van der Waals surface area contributed by atoms with E-state index in [-0.39, 0.29) is 0 Å². The molecule has 0 aliphatic heterocycles. The molecule has 1 N–H and O–H groups in total. The van der Waals surface area contributed by atoms with Gasteiger partial charge in [0.2, 0.25) is 0 Å². The number of aliphatic carboxylic acids is 1. The Balaban J connectivity index is 2.48. The van der Waals surface area contributed by atoms with E-state index in [0.29, 0.717) is 11.3 Å². The molecule has 0 unspecified atom stereocenters. The van der Waals surface area contributed by atoms with Crippen LogP contribution in [-0.2, 0) is 4.79 Å². The van der Waals surface area contributed by atoms with Gasteiger partial charge in [0.15, 0.2) is 0 Å². The topological polar surface area (TPSA) is 50.2 Å². The number of pyridine rings is 1. The molecule has 0 radical (unpaired) electrons. The van der Waals surface area contributed by atoms with Gasteiger partial charge in [0, 0.05) is 22.0 Å². The molecular weight excluding hydrogens is 278 g/mol. The van der Waals surface area contributed by atoms with Crippen molar-refractivity contribution in [3.05, 3.63) is 34.5 Å². The Morgan fingerprint density at radius 1 is 1.67 bits per heavy atom. The zero-order valence-corrected chi connectivity index (χ0v) is 10.5. The maximum Gasteiger partial charge on any atom is 0.330 e. The van der Waals surface area contributed by atoms with Gasteiger partial charge in [-0.05, 0) is 35.0 Å². The summed E-state index contributed by atoms with van der Waals surface area (Å²) in [5, 5.41) is 9.50. The second kappa shape index (κ2) is 5.92. The van der Waals surface area contributed by atoms with Gasteiger partial charge >= 0.3 is 5.97 Å². The minimum absolute atomic E-state index is 0.361. The Bertz CT molecular complexity index is 376. The van der Waals surface area contributed by atoms with E-state index in [1.54, 1.807) is 19.2 Å². The molecule has 0 bridgehead atoms. The van der Waals surface area contributed by atoms with Gasteiger partial charge in [-0.25, -0.2) is 9.78 Å². The highest BCUT2D eigenvalue weighted by Gasteiger charge is 1.99. The minimum Gasteiger partial charge on any atom is -0.478 e. The van der Waals surface area contributed by atoms with Crippen molar-refractivity contribution < 1.29 is 9.90 Å². The molecule has 1 aromatic rings. The molecule has 0 amide bonds. The van der Waals surface area contributed by atoms with Gasteiger partial charge in [0.25, 0.3) is 0 Å². The van der Waals surface area contributed by atoms with E-state index in [1.807, 2.05) is 12.1 Å². The molecule has 0 saturated carbocycles. The third-order valence-electron chi connectivity index (χ3n) is 1.66. The van der Waals surface area contributed by atoms with Gasteiger partial charge in [-0.3, -0.25) is 0 Å². The molecule has 1 heterocycles. The quantitative estimate of drug-likeness (QED) is 0.683. The molecule has 0 saturated heterocycles. The van der Waals surface area contributed by atoms with E-state index in [2.05, 4.69) is 20.9 Å². The van der Waals surface area contributed by atoms with E-state index in [9.17, 15) is 4.79 Å². The summed E-state index contributed by atoms with van der Waals surface area (Å²) in [4.78, 5) is 14.6. The van der Waals surface area contributed by atoms with Crippen molar-refractivity contribution in [2.24, 2.45) is 0 Å². The Kier molecular flexibility index (Phi) is 4.84. The first-order valence-electron chi connectivity index (χ1n) is 4.24. The Hall–Kier alpha value is -0.810. The molecule has 80 valence electrons. The van der Waals surface area contributed by atoms with Gasteiger partial charge in [-0.1, -0.05) is 6.08 Å². The molecule has 0 fully saturated rings. The van der Waals surface area contributed by atoms with Crippen LogP contribution in [0.5, 0.6) is 0 Å². The first kappa shape index (κ1) is 12.3. The van der Waals surface area contributed by atoms with Crippen molar-refractivity contribution >= 4 is 33.7 Å². The predicted molar refractivity (Wildman–Crippen MR) is 64.1 cm³/mol. The number of nitrogens with zero attached hydrogens (tertiary/aromatic N) is 1. The average Bonchev–Trinajstić information content (AvgIpc) is 2.20. The van der Waals surface area contributed by atoms with E-state index in [0.717, 1.165) is 9.50 Å². The predicted octanol–water partition coefficient (Wildman–Crippen LogP) is 2.97. The fraction of sp³-hybridized carbons (Fsp3) is 0.200. The number of carboxylic acid groups (broad SMARTS) is 1. The molecule has 5 heteroatoms. The fourth-order valence-corrected chi connectivity index (χ4v) is 1.82. The second-order valence-electron chi connectivity index (χ2n) is 2.82. The Labute approximate surface area is 101 Å².